The van der Waals surface area contributed by atoms with Gasteiger partial charge in [-0.3, -0.25) is 24.3 Å². The second-order valence-electron chi connectivity index (χ2n) is 6.63. The van der Waals surface area contributed by atoms with E-state index in [1.807, 2.05) is 30.3 Å². The number of aromatic nitrogens is 2. The van der Waals surface area contributed by atoms with E-state index in [1.165, 1.54) is 18.5 Å². The first-order valence-electron chi connectivity index (χ1n) is 9.26. The Balaban J connectivity index is 1.50. The summed E-state index contributed by atoms with van der Waals surface area (Å²) in [5, 5.41) is 13.7. The second-order valence-corrected chi connectivity index (χ2v) is 6.63. The Kier molecular flexibility index (Phi) is 5.39. The van der Waals surface area contributed by atoms with Crippen LogP contribution in [0.2, 0.25) is 0 Å². The van der Waals surface area contributed by atoms with Crippen LogP contribution in [0.5, 0.6) is 11.5 Å². The third-order valence-corrected chi connectivity index (χ3v) is 4.43. The zero-order chi connectivity index (χ0) is 21.8. The van der Waals surface area contributed by atoms with E-state index in [2.05, 4.69) is 10.3 Å². The van der Waals surface area contributed by atoms with Crippen LogP contribution in [0, 0.1) is 10.1 Å². The highest BCUT2D eigenvalue weighted by Gasteiger charge is 2.13. The van der Waals surface area contributed by atoms with E-state index in [9.17, 15) is 19.7 Å². The molecule has 1 heterocycles. The lowest BCUT2D eigenvalue weighted by Crippen LogP contribution is -2.27. The largest absolute Gasteiger partial charge is 0.457 e. The Morgan fingerprint density at radius 2 is 1.81 bits per heavy atom. The van der Waals surface area contributed by atoms with Crippen LogP contribution in [-0.4, -0.2) is 20.4 Å². The van der Waals surface area contributed by atoms with Crippen molar-refractivity contribution >= 4 is 28.2 Å². The van der Waals surface area contributed by atoms with Crippen LogP contribution in [0.4, 0.5) is 11.4 Å². The summed E-state index contributed by atoms with van der Waals surface area (Å²) in [4.78, 5) is 39.6. The predicted octanol–water partition coefficient (Wildman–Crippen LogP) is 3.74. The maximum atomic E-state index is 12.6. The van der Waals surface area contributed by atoms with Gasteiger partial charge in [0, 0.05) is 23.9 Å². The summed E-state index contributed by atoms with van der Waals surface area (Å²) < 4.78 is 6.85. The molecule has 0 spiro atoms. The molecule has 1 aromatic heterocycles. The van der Waals surface area contributed by atoms with Crippen molar-refractivity contribution < 1.29 is 14.5 Å². The average molecular weight is 416 g/mol. The highest BCUT2D eigenvalue weighted by molar-refractivity contribution is 5.91. The summed E-state index contributed by atoms with van der Waals surface area (Å²) in [7, 11) is 0. The van der Waals surface area contributed by atoms with Crippen molar-refractivity contribution in [3.05, 3.63) is 99.6 Å². The Morgan fingerprint density at radius 1 is 1.03 bits per heavy atom. The molecule has 0 bridgehead atoms. The van der Waals surface area contributed by atoms with E-state index >= 15 is 0 Å². The van der Waals surface area contributed by atoms with Crippen LogP contribution in [0.25, 0.3) is 10.9 Å². The maximum Gasteiger partial charge on any atom is 0.270 e. The number of benzene rings is 3. The molecule has 0 aliphatic heterocycles. The van der Waals surface area contributed by atoms with Gasteiger partial charge in [0.15, 0.2) is 0 Å². The number of nitro benzene ring substituents is 1. The van der Waals surface area contributed by atoms with Crippen LogP contribution < -0.4 is 15.6 Å². The minimum atomic E-state index is -0.590. The number of anilines is 1. The number of ether oxygens (including phenoxy) is 1. The number of carbonyl (C=O) groups excluding carboxylic acids is 1. The summed E-state index contributed by atoms with van der Waals surface area (Å²) in [5.74, 6) is 0.750. The summed E-state index contributed by atoms with van der Waals surface area (Å²) in [6.45, 7) is -0.297. The van der Waals surface area contributed by atoms with Crippen LogP contribution >= 0.6 is 0 Å². The normalized spacial score (nSPS) is 10.6. The van der Waals surface area contributed by atoms with Gasteiger partial charge in [-0.2, -0.15) is 0 Å². The predicted molar refractivity (Wildman–Crippen MR) is 114 cm³/mol. The number of fused-ring (bicyclic) bond motifs is 1. The van der Waals surface area contributed by atoms with Gasteiger partial charge in [0.1, 0.15) is 18.0 Å². The van der Waals surface area contributed by atoms with E-state index in [4.69, 9.17) is 4.74 Å². The number of nitrogens with zero attached hydrogens (tertiary/aromatic N) is 3. The molecule has 0 aliphatic rings. The van der Waals surface area contributed by atoms with Gasteiger partial charge in [-0.25, -0.2) is 4.98 Å². The molecule has 0 atom stereocenters. The summed E-state index contributed by atoms with van der Waals surface area (Å²) >= 11 is 0. The molecule has 0 saturated carbocycles. The third-order valence-electron chi connectivity index (χ3n) is 4.43. The Hall–Kier alpha value is -4.53. The lowest BCUT2D eigenvalue weighted by Gasteiger charge is -2.10. The first-order valence-corrected chi connectivity index (χ1v) is 9.26. The van der Waals surface area contributed by atoms with Gasteiger partial charge >= 0.3 is 0 Å². The van der Waals surface area contributed by atoms with E-state index in [0.29, 0.717) is 22.7 Å². The molecule has 31 heavy (non-hydrogen) atoms. The highest BCUT2D eigenvalue weighted by Crippen LogP contribution is 2.24. The standard InChI is InChI=1S/C22H16N4O5/c27-21(24-15-5-4-8-18(11-15)31-17-6-2-1-3-7-17)13-25-14-23-20-10-9-16(26(29)30)12-19(20)22(25)28/h1-12,14H,13H2,(H,24,27). The van der Waals surface area contributed by atoms with Crippen molar-refractivity contribution in [3.63, 3.8) is 0 Å². The molecule has 154 valence electrons. The molecule has 0 aliphatic carbocycles. The fourth-order valence-corrected chi connectivity index (χ4v) is 2.99. The molecule has 1 N–H and O–H groups in total. The average Bonchev–Trinajstić information content (AvgIpc) is 2.76. The molecule has 4 rings (SSSR count). The zero-order valence-corrected chi connectivity index (χ0v) is 16.1. The van der Waals surface area contributed by atoms with Crippen LogP contribution in [0.15, 0.2) is 83.9 Å². The number of hydrogen-bond acceptors (Lipinski definition) is 6. The van der Waals surface area contributed by atoms with Gasteiger partial charge in [-0.15, -0.1) is 0 Å². The topological polar surface area (TPSA) is 116 Å². The minimum Gasteiger partial charge on any atom is -0.457 e. The van der Waals surface area contributed by atoms with Gasteiger partial charge in [0.25, 0.3) is 11.2 Å². The Bertz CT molecular complexity index is 1330. The number of rotatable bonds is 6. The van der Waals surface area contributed by atoms with Crippen molar-refractivity contribution in [2.45, 2.75) is 6.54 Å². The number of nitrogens with one attached hydrogen (secondary N) is 1. The lowest BCUT2D eigenvalue weighted by atomic mass is 10.2. The number of para-hydroxylation sites is 1. The molecule has 0 fully saturated rings. The molecule has 0 saturated heterocycles. The van der Waals surface area contributed by atoms with E-state index in [1.54, 1.807) is 24.3 Å². The van der Waals surface area contributed by atoms with Gasteiger partial charge < -0.3 is 10.1 Å². The second kappa shape index (κ2) is 8.46. The first kappa shape index (κ1) is 19.8. The fourth-order valence-electron chi connectivity index (χ4n) is 2.99. The van der Waals surface area contributed by atoms with Crippen LogP contribution in [0.1, 0.15) is 0 Å². The summed E-state index contributed by atoms with van der Waals surface area (Å²) in [5.41, 5.74) is 0.0581. The molecule has 4 aromatic rings. The number of amides is 1. The molecule has 0 radical (unpaired) electrons. The van der Waals surface area contributed by atoms with Crippen LogP contribution in [-0.2, 0) is 11.3 Å². The van der Waals surface area contributed by atoms with Gasteiger partial charge in [-0.05, 0) is 30.3 Å². The molecular weight excluding hydrogens is 400 g/mol. The highest BCUT2D eigenvalue weighted by atomic mass is 16.6. The van der Waals surface area contributed by atoms with Gasteiger partial charge in [0.2, 0.25) is 5.91 Å². The van der Waals surface area contributed by atoms with Crippen LogP contribution in [0.3, 0.4) is 0 Å². The molecule has 1 amide bonds. The molecule has 9 nitrogen and oxygen atoms in total. The minimum absolute atomic E-state index is 0.0720. The van der Waals surface area contributed by atoms with E-state index in [0.717, 1.165) is 10.6 Å². The summed E-state index contributed by atoms with van der Waals surface area (Å²) in [6.07, 6.45) is 1.24. The monoisotopic (exact) mass is 416 g/mol. The summed E-state index contributed by atoms with van der Waals surface area (Å²) in [6, 6.07) is 19.9. The SMILES string of the molecule is O=C(Cn1cnc2ccc([N+](=O)[O-])cc2c1=O)Nc1cccc(Oc2ccccc2)c1. The molecular formula is C22H16N4O5. The fraction of sp³-hybridized carbons (Fsp3) is 0.0455. The molecule has 3 aromatic carbocycles. The lowest BCUT2D eigenvalue weighted by molar-refractivity contribution is -0.384. The Morgan fingerprint density at radius 3 is 2.58 bits per heavy atom. The number of carbonyl (C=O) groups is 1. The third kappa shape index (κ3) is 4.56. The number of nitro groups is 1. The number of non-ortho nitro benzene ring substituents is 1. The van der Waals surface area contributed by atoms with Gasteiger partial charge in [0.05, 0.1) is 22.2 Å². The number of hydrogen-bond donors (Lipinski definition) is 1. The molecule has 0 unspecified atom stereocenters. The van der Waals surface area contributed by atoms with Crippen molar-refractivity contribution in [2.24, 2.45) is 0 Å². The van der Waals surface area contributed by atoms with Crippen molar-refractivity contribution in [3.8, 4) is 11.5 Å². The van der Waals surface area contributed by atoms with E-state index in [-0.39, 0.29) is 17.6 Å². The Labute approximate surface area is 175 Å². The maximum absolute atomic E-state index is 12.6. The van der Waals surface area contributed by atoms with E-state index < -0.39 is 16.4 Å². The van der Waals surface area contributed by atoms with Crippen molar-refractivity contribution in [1.29, 1.82) is 0 Å². The zero-order valence-electron chi connectivity index (χ0n) is 16.1. The first-order chi connectivity index (χ1) is 15.0. The van der Waals surface area contributed by atoms with Crippen molar-refractivity contribution in [2.75, 3.05) is 5.32 Å². The molecule has 9 heteroatoms. The van der Waals surface area contributed by atoms with Crippen molar-refractivity contribution in [1.82, 2.24) is 9.55 Å². The smallest absolute Gasteiger partial charge is 0.270 e. The van der Waals surface area contributed by atoms with Gasteiger partial charge in [-0.1, -0.05) is 24.3 Å². The quantitative estimate of drug-likeness (QED) is 0.378.